The molecule has 0 aliphatic heterocycles. The zero-order valence-electron chi connectivity index (χ0n) is 12.9. The molecule has 7 heteroatoms. The number of aromatic nitrogens is 2. The number of hydrogen-bond donors (Lipinski definition) is 0. The molecule has 0 spiro atoms. The van der Waals surface area contributed by atoms with Crippen LogP contribution in [0.2, 0.25) is 0 Å². The first-order valence-corrected chi connectivity index (χ1v) is 9.06. The molecule has 2 aromatic rings. The van der Waals surface area contributed by atoms with Crippen molar-refractivity contribution in [1.82, 2.24) is 14.3 Å². The summed E-state index contributed by atoms with van der Waals surface area (Å²) in [6.07, 6.45) is 4.80. The molecule has 0 bridgehead atoms. The van der Waals surface area contributed by atoms with Crippen molar-refractivity contribution in [2.24, 2.45) is 0 Å². The number of hydrogen-bond acceptors (Lipinski definition) is 5. The Morgan fingerprint density at radius 1 is 1.22 bits per heavy atom. The van der Waals surface area contributed by atoms with Gasteiger partial charge in [0.2, 0.25) is 15.9 Å². The van der Waals surface area contributed by atoms with Crippen LogP contribution in [-0.4, -0.2) is 35.3 Å². The maximum absolute atomic E-state index is 12.9. The molecular weight excluding hydrogens is 314 g/mol. The first kappa shape index (κ1) is 15.9. The fourth-order valence-electron chi connectivity index (χ4n) is 2.31. The highest BCUT2D eigenvalue weighted by Crippen LogP contribution is 2.33. The minimum absolute atomic E-state index is 0.0496. The van der Waals surface area contributed by atoms with Crippen molar-refractivity contribution in [2.75, 3.05) is 6.61 Å². The van der Waals surface area contributed by atoms with Crippen molar-refractivity contribution in [1.29, 1.82) is 0 Å². The molecule has 2 aromatic heterocycles. The van der Waals surface area contributed by atoms with Crippen molar-refractivity contribution >= 4 is 10.0 Å². The van der Waals surface area contributed by atoms with Gasteiger partial charge >= 0.3 is 0 Å². The molecule has 0 saturated heterocycles. The summed E-state index contributed by atoms with van der Waals surface area (Å²) in [4.78, 5) is 8.48. The highest BCUT2D eigenvalue weighted by molar-refractivity contribution is 7.89. The molecule has 1 fully saturated rings. The summed E-state index contributed by atoms with van der Waals surface area (Å²) in [5.41, 5.74) is 0.738. The molecular formula is C16H19N3O3S. The molecule has 3 rings (SSSR count). The van der Waals surface area contributed by atoms with Gasteiger partial charge in [-0.3, -0.25) is 4.98 Å². The van der Waals surface area contributed by atoms with Gasteiger partial charge in [0.25, 0.3) is 0 Å². The van der Waals surface area contributed by atoms with Gasteiger partial charge in [-0.1, -0.05) is 6.07 Å². The molecule has 6 nitrogen and oxygen atoms in total. The lowest BCUT2D eigenvalue weighted by molar-refractivity contribution is 0.326. The van der Waals surface area contributed by atoms with Crippen LogP contribution in [0.4, 0.5) is 0 Å². The van der Waals surface area contributed by atoms with Crippen molar-refractivity contribution < 1.29 is 13.2 Å². The summed E-state index contributed by atoms with van der Waals surface area (Å²) in [7, 11) is -3.59. The SMILES string of the molecule is CCOc1ccc(S(=O)(=O)N(Cc2ccccn2)C2CC2)cn1. The fraction of sp³-hybridized carbons (Fsp3) is 0.375. The molecule has 23 heavy (non-hydrogen) atoms. The zero-order valence-corrected chi connectivity index (χ0v) is 13.7. The van der Waals surface area contributed by atoms with Crippen LogP contribution in [0.25, 0.3) is 0 Å². The number of rotatable bonds is 7. The summed E-state index contributed by atoms with van der Waals surface area (Å²) >= 11 is 0. The Balaban J connectivity index is 1.85. The van der Waals surface area contributed by atoms with E-state index in [-0.39, 0.29) is 17.5 Å². The molecule has 1 aliphatic rings. The highest BCUT2D eigenvalue weighted by Gasteiger charge is 2.38. The zero-order chi connectivity index (χ0) is 16.3. The molecule has 0 unspecified atom stereocenters. The van der Waals surface area contributed by atoms with Crippen LogP contribution in [0, 0.1) is 0 Å². The minimum Gasteiger partial charge on any atom is -0.478 e. The second-order valence-corrected chi connectivity index (χ2v) is 7.26. The molecule has 0 atom stereocenters. The van der Waals surface area contributed by atoms with E-state index in [1.807, 2.05) is 25.1 Å². The average molecular weight is 333 g/mol. The topological polar surface area (TPSA) is 72.4 Å². The molecule has 0 amide bonds. The monoisotopic (exact) mass is 333 g/mol. The maximum Gasteiger partial charge on any atom is 0.245 e. The first-order chi connectivity index (χ1) is 11.1. The predicted octanol–water partition coefficient (Wildman–Crippen LogP) is 2.23. The lowest BCUT2D eigenvalue weighted by Gasteiger charge is -2.21. The average Bonchev–Trinajstić information content (AvgIpc) is 3.39. The molecule has 2 heterocycles. The molecule has 0 radical (unpaired) electrons. The van der Waals surface area contributed by atoms with Crippen LogP contribution >= 0.6 is 0 Å². The van der Waals surface area contributed by atoms with E-state index in [1.165, 1.54) is 10.5 Å². The Morgan fingerprint density at radius 2 is 2.04 bits per heavy atom. The Hall–Kier alpha value is -1.99. The van der Waals surface area contributed by atoms with Gasteiger partial charge in [0, 0.05) is 18.3 Å². The van der Waals surface area contributed by atoms with E-state index in [4.69, 9.17) is 4.74 Å². The van der Waals surface area contributed by atoms with E-state index >= 15 is 0 Å². The van der Waals surface area contributed by atoms with Gasteiger partial charge in [-0.2, -0.15) is 4.31 Å². The second-order valence-electron chi connectivity index (χ2n) is 5.37. The summed E-state index contributed by atoms with van der Waals surface area (Å²) < 4.78 is 32.6. The van der Waals surface area contributed by atoms with Crippen molar-refractivity contribution in [3.8, 4) is 5.88 Å². The third-order valence-corrected chi connectivity index (χ3v) is 5.49. The van der Waals surface area contributed by atoms with Crippen molar-refractivity contribution in [3.05, 3.63) is 48.4 Å². The quantitative estimate of drug-likeness (QED) is 0.777. The van der Waals surface area contributed by atoms with Crippen LogP contribution in [0.15, 0.2) is 47.6 Å². The van der Waals surface area contributed by atoms with Crippen LogP contribution in [0.1, 0.15) is 25.5 Å². The summed E-state index contributed by atoms with van der Waals surface area (Å²) in [6.45, 7) is 2.63. The highest BCUT2D eigenvalue weighted by atomic mass is 32.2. The first-order valence-electron chi connectivity index (χ1n) is 7.62. The van der Waals surface area contributed by atoms with Crippen LogP contribution in [0.3, 0.4) is 0 Å². The number of nitrogens with zero attached hydrogens (tertiary/aromatic N) is 3. The third kappa shape index (κ3) is 3.68. The van der Waals surface area contributed by atoms with Gasteiger partial charge < -0.3 is 4.74 Å². The Kier molecular flexibility index (Phi) is 4.58. The van der Waals surface area contributed by atoms with Crippen molar-refractivity contribution in [2.45, 2.75) is 37.2 Å². The van der Waals surface area contributed by atoms with E-state index in [1.54, 1.807) is 18.3 Å². The van der Waals surface area contributed by atoms with Crippen LogP contribution in [0.5, 0.6) is 5.88 Å². The minimum atomic E-state index is -3.59. The second kappa shape index (κ2) is 6.64. The van der Waals surface area contributed by atoms with Gasteiger partial charge in [-0.15, -0.1) is 0 Å². The molecule has 1 saturated carbocycles. The van der Waals surface area contributed by atoms with Crippen LogP contribution < -0.4 is 4.74 Å². The van der Waals surface area contributed by atoms with E-state index < -0.39 is 10.0 Å². The maximum atomic E-state index is 12.9. The number of ether oxygens (including phenoxy) is 1. The Morgan fingerprint density at radius 3 is 2.61 bits per heavy atom. The number of pyridine rings is 2. The lowest BCUT2D eigenvalue weighted by Crippen LogP contribution is -2.33. The summed E-state index contributed by atoms with van der Waals surface area (Å²) in [6, 6.07) is 8.69. The predicted molar refractivity (Wildman–Crippen MR) is 85.4 cm³/mol. The third-order valence-electron chi connectivity index (χ3n) is 3.61. The Bertz CT molecular complexity index is 744. The van der Waals surface area contributed by atoms with Crippen molar-refractivity contribution in [3.63, 3.8) is 0 Å². The molecule has 0 aromatic carbocycles. The van der Waals surface area contributed by atoms with E-state index in [0.29, 0.717) is 12.5 Å². The summed E-state index contributed by atoms with van der Waals surface area (Å²) in [5, 5.41) is 0. The molecule has 122 valence electrons. The van der Waals surface area contributed by atoms with Gasteiger partial charge in [0.15, 0.2) is 0 Å². The van der Waals surface area contributed by atoms with Gasteiger partial charge in [-0.05, 0) is 38.0 Å². The largest absolute Gasteiger partial charge is 0.478 e. The molecule has 0 N–H and O–H groups in total. The lowest BCUT2D eigenvalue weighted by atomic mass is 10.3. The Labute approximate surface area is 136 Å². The van der Waals surface area contributed by atoms with Gasteiger partial charge in [0.05, 0.1) is 25.0 Å². The van der Waals surface area contributed by atoms with E-state index in [2.05, 4.69) is 9.97 Å². The van der Waals surface area contributed by atoms with Gasteiger partial charge in [0.1, 0.15) is 4.90 Å². The number of sulfonamides is 1. The van der Waals surface area contributed by atoms with E-state index in [0.717, 1.165) is 18.5 Å². The fourth-order valence-corrected chi connectivity index (χ4v) is 3.91. The van der Waals surface area contributed by atoms with E-state index in [9.17, 15) is 8.42 Å². The molecule has 1 aliphatic carbocycles. The van der Waals surface area contributed by atoms with Crippen LogP contribution in [-0.2, 0) is 16.6 Å². The summed E-state index contributed by atoms with van der Waals surface area (Å²) in [5.74, 6) is 0.425. The normalized spacial score (nSPS) is 14.9. The van der Waals surface area contributed by atoms with Gasteiger partial charge in [-0.25, -0.2) is 13.4 Å². The standard InChI is InChI=1S/C16H19N3O3S/c1-2-22-16-9-8-15(11-18-16)23(20,21)19(14-6-7-14)12-13-5-3-4-10-17-13/h3-5,8-11,14H,2,6-7,12H2,1H3. The smallest absolute Gasteiger partial charge is 0.245 e.